The number of thiophene rings is 1. The standard InChI is InChI=1S/C13H13BrClNS/c1-9(12-6-7-13(14)17-12)16-8-10-2-4-11(15)5-3-10/h2-7,9,16H,8H2,1H3. The summed E-state index contributed by atoms with van der Waals surface area (Å²) in [6.45, 7) is 3.03. The van der Waals surface area contributed by atoms with Gasteiger partial charge in [0.05, 0.1) is 3.79 Å². The van der Waals surface area contributed by atoms with Gasteiger partial charge in [0.25, 0.3) is 0 Å². The van der Waals surface area contributed by atoms with Gasteiger partial charge in [0.1, 0.15) is 0 Å². The molecule has 0 saturated carbocycles. The molecule has 1 N–H and O–H groups in total. The molecule has 90 valence electrons. The molecule has 1 aromatic carbocycles. The zero-order valence-electron chi connectivity index (χ0n) is 9.41. The average Bonchev–Trinajstić information content (AvgIpc) is 2.75. The average molecular weight is 331 g/mol. The Bertz CT molecular complexity index is 480. The van der Waals surface area contributed by atoms with E-state index in [1.807, 2.05) is 24.3 Å². The van der Waals surface area contributed by atoms with E-state index in [-0.39, 0.29) is 0 Å². The molecular weight excluding hydrogens is 318 g/mol. The van der Waals surface area contributed by atoms with E-state index < -0.39 is 0 Å². The van der Waals surface area contributed by atoms with Gasteiger partial charge in [-0.25, -0.2) is 0 Å². The van der Waals surface area contributed by atoms with Crippen molar-refractivity contribution in [1.82, 2.24) is 5.32 Å². The number of benzene rings is 1. The minimum atomic E-state index is 0.363. The van der Waals surface area contributed by atoms with Gasteiger partial charge in [0.15, 0.2) is 0 Å². The van der Waals surface area contributed by atoms with E-state index in [2.05, 4.69) is 40.3 Å². The Hall–Kier alpha value is -0.350. The van der Waals surface area contributed by atoms with E-state index in [1.165, 1.54) is 14.2 Å². The summed E-state index contributed by atoms with van der Waals surface area (Å²) in [5.74, 6) is 0. The number of rotatable bonds is 4. The highest BCUT2D eigenvalue weighted by Gasteiger charge is 2.07. The molecule has 1 heterocycles. The minimum Gasteiger partial charge on any atom is -0.305 e. The Balaban J connectivity index is 1.92. The van der Waals surface area contributed by atoms with Gasteiger partial charge in [-0.1, -0.05) is 23.7 Å². The Morgan fingerprint density at radius 1 is 1.24 bits per heavy atom. The topological polar surface area (TPSA) is 12.0 Å². The molecule has 1 unspecified atom stereocenters. The quantitative estimate of drug-likeness (QED) is 0.830. The van der Waals surface area contributed by atoms with Crippen LogP contribution in [0.25, 0.3) is 0 Å². The van der Waals surface area contributed by atoms with E-state index in [4.69, 9.17) is 11.6 Å². The smallest absolute Gasteiger partial charge is 0.0701 e. The van der Waals surface area contributed by atoms with Crippen molar-refractivity contribution in [2.75, 3.05) is 0 Å². The fourth-order valence-electron chi connectivity index (χ4n) is 1.53. The molecule has 1 atom stereocenters. The number of halogens is 2. The monoisotopic (exact) mass is 329 g/mol. The van der Waals surface area contributed by atoms with Crippen LogP contribution in [-0.2, 0) is 6.54 Å². The van der Waals surface area contributed by atoms with E-state index in [9.17, 15) is 0 Å². The molecule has 0 spiro atoms. The Morgan fingerprint density at radius 3 is 2.53 bits per heavy atom. The van der Waals surface area contributed by atoms with Crippen LogP contribution in [0.4, 0.5) is 0 Å². The first-order chi connectivity index (χ1) is 8.15. The van der Waals surface area contributed by atoms with Crippen molar-refractivity contribution in [3.63, 3.8) is 0 Å². The Kier molecular flexibility index (Phi) is 4.62. The highest BCUT2D eigenvalue weighted by molar-refractivity contribution is 9.11. The van der Waals surface area contributed by atoms with Crippen LogP contribution in [-0.4, -0.2) is 0 Å². The number of hydrogen-bond donors (Lipinski definition) is 1. The van der Waals surface area contributed by atoms with E-state index >= 15 is 0 Å². The third kappa shape index (κ3) is 3.81. The maximum absolute atomic E-state index is 5.85. The molecule has 0 aliphatic carbocycles. The largest absolute Gasteiger partial charge is 0.305 e. The van der Waals surface area contributed by atoms with Gasteiger partial charge in [-0.2, -0.15) is 0 Å². The summed E-state index contributed by atoms with van der Waals surface area (Å²) in [5.41, 5.74) is 1.25. The first-order valence-electron chi connectivity index (χ1n) is 5.38. The molecule has 4 heteroatoms. The second-order valence-electron chi connectivity index (χ2n) is 3.87. The lowest BCUT2D eigenvalue weighted by atomic mass is 10.2. The van der Waals surface area contributed by atoms with Crippen molar-refractivity contribution in [2.45, 2.75) is 19.5 Å². The van der Waals surface area contributed by atoms with Crippen molar-refractivity contribution in [1.29, 1.82) is 0 Å². The molecule has 17 heavy (non-hydrogen) atoms. The van der Waals surface area contributed by atoms with Gasteiger partial charge in [0.2, 0.25) is 0 Å². The molecule has 0 radical (unpaired) electrons. The lowest BCUT2D eigenvalue weighted by molar-refractivity contribution is 0.583. The third-order valence-corrected chi connectivity index (χ3v) is 4.60. The molecular formula is C13H13BrClNS. The van der Waals surface area contributed by atoms with Crippen molar-refractivity contribution in [2.24, 2.45) is 0 Å². The SMILES string of the molecule is CC(NCc1ccc(Cl)cc1)c1ccc(Br)s1. The van der Waals surface area contributed by atoms with E-state index in [0.717, 1.165) is 11.6 Å². The van der Waals surface area contributed by atoms with Crippen molar-refractivity contribution in [3.05, 3.63) is 55.6 Å². The number of hydrogen-bond acceptors (Lipinski definition) is 2. The summed E-state index contributed by atoms with van der Waals surface area (Å²) >= 11 is 11.1. The molecule has 0 amide bonds. The Morgan fingerprint density at radius 2 is 1.94 bits per heavy atom. The van der Waals surface area contributed by atoms with Crippen LogP contribution >= 0.6 is 38.9 Å². The summed E-state index contributed by atoms with van der Waals surface area (Å²) in [7, 11) is 0. The zero-order valence-corrected chi connectivity index (χ0v) is 12.6. The summed E-state index contributed by atoms with van der Waals surface area (Å²) in [4.78, 5) is 1.34. The highest BCUT2D eigenvalue weighted by atomic mass is 79.9. The normalized spacial score (nSPS) is 12.6. The second-order valence-corrected chi connectivity index (χ2v) is 6.80. The second kappa shape index (κ2) is 6.01. The minimum absolute atomic E-state index is 0.363. The first kappa shape index (κ1) is 13.1. The predicted octanol–water partition coefficient (Wildman–Crippen LogP) is 5.01. The van der Waals surface area contributed by atoms with Gasteiger partial charge >= 0.3 is 0 Å². The molecule has 2 aromatic rings. The van der Waals surface area contributed by atoms with Crippen LogP contribution in [0.2, 0.25) is 5.02 Å². The fourth-order valence-corrected chi connectivity index (χ4v) is 3.11. The van der Waals surface area contributed by atoms with Crippen LogP contribution in [0, 0.1) is 0 Å². The molecule has 2 rings (SSSR count). The first-order valence-corrected chi connectivity index (χ1v) is 7.37. The summed E-state index contributed by atoms with van der Waals surface area (Å²) < 4.78 is 1.17. The lowest BCUT2D eigenvalue weighted by Crippen LogP contribution is -2.16. The molecule has 0 saturated heterocycles. The molecule has 0 fully saturated rings. The predicted molar refractivity (Wildman–Crippen MR) is 78.7 cm³/mol. The maximum atomic E-state index is 5.85. The summed E-state index contributed by atoms with van der Waals surface area (Å²) in [5, 5.41) is 4.28. The summed E-state index contributed by atoms with van der Waals surface area (Å²) in [6.07, 6.45) is 0. The maximum Gasteiger partial charge on any atom is 0.0701 e. The lowest BCUT2D eigenvalue weighted by Gasteiger charge is -2.12. The third-order valence-electron chi connectivity index (χ3n) is 2.55. The molecule has 0 aliphatic heterocycles. The van der Waals surface area contributed by atoms with Crippen molar-refractivity contribution < 1.29 is 0 Å². The van der Waals surface area contributed by atoms with Crippen molar-refractivity contribution >= 4 is 38.9 Å². The van der Waals surface area contributed by atoms with Gasteiger partial charge < -0.3 is 5.32 Å². The highest BCUT2D eigenvalue weighted by Crippen LogP contribution is 2.27. The van der Waals surface area contributed by atoms with Crippen molar-refractivity contribution in [3.8, 4) is 0 Å². The van der Waals surface area contributed by atoms with E-state index in [1.54, 1.807) is 11.3 Å². The van der Waals surface area contributed by atoms with E-state index in [0.29, 0.717) is 6.04 Å². The zero-order chi connectivity index (χ0) is 12.3. The van der Waals surface area contributed by atoms with Crippen LogP contribution < -0.4 is 5.32 Å². The summed E-state index contributed by atoms with van der Waals surface area (Å²) in [6, 6.07) is 12.5. The van der Waals surface area contributed by atoms with Crippen LogP contribution in [0.1, 0.15) is 23.4 Å². The van der Waals surface area contributed by atoms with Gasteiger partial charge in [-0.3, -0.25) is 0 Å². The van der Waals surface area contributed by atoms with Gasteiger partial charge in [0, 0.05) is 22.5 Å². The fraction of sp³-hybridized carbons (Fsp3) is 0.231. The number of nitrogens with one attached hydrogen (secondary N) is 1. The Labute approximate surface area is 119 Å². The van der Waals surface area contributed by atoms with Crippen LogP contribution in [0.5, 0.6) is 0 Å². The molecule has 1 nitrogen and oxygen atoms in total. The molecule has 1 aromatic heterocycles. The molecule has 0 aliphatic rings. The van der Waals surface area contributed by atoms with Crippen LogP contribution in [0.15, 0.2) is 40.2 Å². The molecule has 0 bridgehead atoms. The van der Waals surface area contributed by atoms with Gasteiger partial charge in [-0.15, -0.1) is 11.3 Å². The van der Waals surface area contributed by atoms with Gasteiger partial charge in [-0.05, 0) is 52.7 Å². The van der Waals surface area contributed by atoms with Crippen LogP contribution in [0.3, 0.4) is 0 Å².